The average molecular weight is 264 g/mol. The lowest BCUT2D eigenvalue weighted by Gasteiger charge is -2.19. The second kappa shape index (κ2) is 4.59. The molecule has 1 aliphatic rings. The first-order valence-electron chi connectivity index (χ1n) is 7.22. The molecule has 0 saturated carbocycles. The van der Waals surface area contributed by atoms with Gasteiger partial charge in [0, 0.05) is 12.0 Å². The van der Waals surface area contributed by atoms with Gasteiger partial charge in [0.15, 0.2) is 5.78 Å². The molecule has 0 unspecified atom stereocenters. The van der Waals surface area contributed by atoms with E-state index in [0.717, 1.165) is 17.5 Å². The Bertz CT molecular complexity index is 657. The van der Waals surface area contributed by atoms with Crippen molar-refractivity contribution < 1.29 is 4.79 Å². The molecule has 1 aliphatic carbocycles. The van der Waals surface area contributed by atoms with E-state index in [1.807, 2.05) is 0 Å². The molecule has 2 aromatic rings. The molecule has 0 spiro atoms. The summed E-state index contributed by atoms with van der Waals surface area (Å²) in [4.78, 5) is 11.8. The molecule has 0 atom stereocenters. The van der Waals surface area contributed by atoms with Gasteiger partial charge in [0.05, 0.1) is 0 Å². The van der Waals surface area contributed by atoms with Gasteiger partial charge in [0.1, 0.15) is 0 Å². The maximum absolute atomic E-state index is 11.8. The summed E-state index contributed by atoms with van der Waals surface area (Å²) in [6, 6.07) is 15.0. The molecule has 0 fully saturated rings. The van der Waals surface area contributed by atoms with Crippen LogP contribution in [0.5, 0.6) is 0 Å². The molecular weight excluding hydrogens is 244 g/mol. The minimum absolute atomic E-state index is 0.173. The van der Waals surface area contributed by atoms with Gasteiger partial charge in [0.2, 0.25) is 0 Å². The van der Waals surface area contributed by atoms with Crippen LogP contribution in [0.1, 0.15) is 48.7 Å². The van der Waals surface area contributed by atoms with Gasteiger partial charge in [0.25, 0.3) is 0 Å². The highest BCUT2D eigenvalue weighted by molar-refractivity contribution is 6.01. The average Bonchev–Trinajstić information content (AvgIpc) is 2.79. The number of carbonyl (C=O) groups excluding carboxylic acids is 1. The summed E-state index contributed by atoms with van der Waals surface area (Å²) in [5.41, 5.74) is 5.94. The zero-order valence-electron chi connectivity index (χ0n) is 12.4. The molecule has 3 rings (SSSR count). The normalized spacial score (nSPS) is 14.4. The molecule has 1 heteroatoms. The maximum atomic E-state index is 11.8. The van der Waals surface area contributed by atoms with Crippen molar-refractivity contribution in [2.45, 2.75) is 39.0 Å². The Morgan fingerprint density at radius 2 is 1.50 bits per heavy atom. The highest BCUT2D eigenvalue weighted by Gasteiger charge is 2.19. The Labute approximate surface area is 120 Å². The topological polar surface area (TPSA) is 17.1 Å². The van der Waals surface area contributed by atoms with Crippen LogP contribution in [-0.4, -0.2) is 5.78 Å². The van der Waals surface area contributed by atoms with E-state index in [2.05, 4.69) is 63.2 Å². The van der Waals surface area contributed by atoms with Crippen molar-refractivity contribution in [3.05, 3.63) is 59.2 Å². The van der Waals surface area contributed by atoms with Gasteiger partial charge in [-0.25, -0.2) is 0 Å². The van der Waals surface area contributed by atoms with Crippen LogP contribution in [0.3, 0.4) is 0 Å². The molecule has 1 nitrogen and oxygen atoms in total. The van der Waals surface area contributed by atoms with E-state index in [1.54, 1.807) is 0 Å². The summed E-state index contributed by atoms with van der Waals surface area (Å²) in [6.07, 6.45) is 1.57. The van der Waals surface area contributed by atoms with Crippen LogP contribution in [0.25, 0.3) is 11.1 Å². The number of rotatable bonds is 1. The lowest BCUT2D eigenvalue weighted by atomic mass is 9.86. The SMILES string of the molecule is CC(C)(C)c1ccc(-c2ccc3c(c2)C(=O)CC3)cc1. The Balaban J connectivity index is 1.98. The molecule has 0 bridgehead atoms. The first kappa shape index (κ1) is 13.1. The third-order valence-corrected chi connectivity index (χ3v) is 4.12. The summed E-state index contributed by atoms with van der Waals surface area (Å²) in [6.45, 7) is 6.65. The van der Waals surface area contributed by atoms with Gasteiger partial charge in [-0.05, 0) is 40.2 Å². The number of hydrogen-bond donors (Lipinski definition) is 0. The molecule has 20 heavy (non-hydrogen) atoms. The molecule has 0 aliphatic heterocycles. The van der Waals surface area contributed by atoms with Crippen LogP contribution in [0.4, 0.5) is 0 Å². The van der Waals surface area contributed by atoms with E-state index < -0.39 is 0 Å². The Morgan fingerprint density at radius 3 is 2.15 bits per heavy atom. The van der Waals surface area contributed by atoms with Crippen LogP contribution in [-0.2, 0) is 11.8 Å². The number of Topliss-reactive ketones (excluding diaryl/α,β-unsaturated/α-hetero) is 1. The van der Waals surface area contributed by atoms with Gasteiger partial charge >= 0.3 is 0 Å². The molecule has 0 heterocycles. The van der Waals surface area contributed by atoms with Crippen LogP contribution < -0.4 is 0 Å². The molecule has 0 aromatic heterocycles. The van der Waals surface area contributed by atoms with Crippen molar-refractivity contribution in [2.75, 3.05) is 0 Å². The van der Waals surface area contributed by atoms with Crippen LogP contribution in [0, 0.1) is 0 Å². The Kier molecular flexibility index (Phi) is 3.01. The van der Waals surface area contributed by atoms with Crippen molar-refractivity contribution in [3.8, 4) is 11.1 Å². The van der Waals surface area contributed by atoms with Gasteiger partial charge < -0.3 is 0 Å². The molecule has 0 N–H and O–H groups in total. The van der Waals surface area contributed by atoms with Crippen LogP contribution >= 0.6 is 0 Å². The number of ketones is 1. The number of fused-ring (bicyclic) bond motifs is 1. The van der Waals surface area contributed by atoms with Crippen LogP contribution in [0.2, 0.25) is 0 Å². The predicted octanol–water partition coefficient (Wildman–Crippen LogP) is 4.78. The van der Waals surface area contributed by atoms with E-state index in [4.69, 9.17) is 0 Å². The van der Waals surface area contributed by atoms with Gasteiger partial charge in [-0.1, -0.05) is 57.2 Å². The Hall–Kier alpha value is -1.89. The van der Waals surface area contributed by atoms with Crippen molar-refractivity contribution in [1.29, 1.82) is 0 Å². The van der Waals surface area contributed by atoms with E-state index >= 15 is 0 Å². The van der Waals surface area contributed by atoms with Crippen molar-refractivity contribution in [3.63, 3.8) is 0 Å². The minimum atomic E-state index is 0.173. The summed E-state index contributed by atoms with van der Waals surface area (Å²) in [5, 5.41) is 0. The fourth-order valence-electron chi connectivity index (χ4n) is 2.78. The zero-order chi connectivity index (χ0) is 14.3. The first-order chi connectivity index (χ1) is 9.45. The summed E-state index contributed by atoms with van der Waals surface area (Å²) in [5.74, 6) is 0.285. The molecule has 102 valence electrons. The molecule has 2 aromatic carbocycles. The molecular formula is C19H20O. The number of aryl methyl sites for hydroxylation is 1. The van der Waals surface area contributed by atoms with Gasteiger partial charge in [-0.3, -0.25) is 4.79 Å². The van der Waals surface area contributed by atoms with Crippen molar-refractivity contribution >= 4 is 5.78 Å². The number of carbonyl (C=O) groups is 1. The standard InChI is InChI=1S/C19H20O/c1-19(2,3)16-9-6-13(7-10-16)15-5-4-14-8-11-18(20)17(14)12-15/h4-7,9-10,12H,8,11H2,1-3H3. The number of hydrogen-bond acceptors (Lipinski definition) is 1. The van der Waals surface area contributed by atoms with Crippen molar-refractivity contribution in [1.82, 2.24) is 0 Å². The monoisotopic (exact) mass is 264 g/mol. The maximum Gasteiger partial charge on any atom is 0.163 e. The minimum Gasteiger partial charge on any atom is -0.294 e. The fraction of sp³-hybridized carbons (Fsp3) is 0.316. The first-order valence-corrected chi connectivity index (χ1v) is 7.22. The lowest BCUT2D eigenvalue weighted by molar-refractivity contribution is 0.0994. The van der Waals surface area contributed by atoms with E-state index in [0.29, 0.717) is 6.42 Å². The van der Waals surface area contributed by atoms with E-state index in [9.17, 15) is 4.79 Å². The molecule has 0 radical (unpaired) electrons. The van der Waals surface area contributed by atoms with E-state index in [-0.39, 0.29) is 11.2 Å². The zero-order valence-corrected chi connectivity index (χ0v) is 12.4. The second-order valence-corrected chi connectivity index (χ2v) is 6.62. The third kappa shape index (κ3) is 2.29. The highest BCUT2D eigenvalue weighted by atomic mass is 16.1. The Morgan fingerprint density at radius 1 is 0.850 bits per heavy atom. The van der Waals surface area contributed by atoms with Crippen molar-refractivity contribution in [2.24, 2.45) is 0 Å². The highest BCUT2D eigenvalue weighted by Crippen LogP contribution is 2.30. The van der Waals surface area contributed by atoms with Gasteiger partial charge in [-0.2, -0.15) is 0 Å². The van der Waals surface area contributed by atoms with Crippen LogP contribution in [0.15, 0.2) is 42.5 Å². The largest absolute Gasteiger partial charge is 0.294 e. The smallest absolute Gasteiger partial charge is 0.163 e. The lowest BCUT2D eigenvalue weighted by Crippen LogP contribution is -2.10. The van der Waals surface area contributed by atoms with Gasteiger partial charge in [-0.15, -0.1) is 0 Å². The quantitative estimate of drug-likeness (QED) is 0.724. The molecule has 0 saturated heterocycles. The van der Waals surface area contributed by atoms with E-state index in [1.165, 1.54) is 16.7 Å². The molecule has 0 amide bonds. The summed E-state index contributed by atoms with van der Waals surface area (Å²) < 4.78 is 0. The number of benzene rings is 2. The second-order valence-electron chi connectivity index (χ2n) is 6.62. The summed E-state index contributed by atoms with van der Waals surface area (Å²) >= 11 is 0. The summed E-state index contributed by atoms with van der Waals surface area (Å²) in [7, 11) is 0. The third-order valence-electron chi connectivity index (χ3n) is 4.12. The fourth-order valence-corrected chi connectivity index (χ4v) is 2.78. The predicted molar refractivity (Wildman–Crippen MR) is 83.2 cm³/mol.